The smallest absolute Gasteiger partial charge is 0.164 e. The Bertz CT molecular complexity index is 2810. The van der Waals surface area contributed by atoms with Gasteiger partial charge in [0.05, 0.1) is 0 Å². The van der Waals surface area contributed by atoms with Gasteiger partial charge in [0.1, 0.15) is 0 Å². The van der Waals surface area contributed by atoms with Crippen molar-refractivity contribution in [3.8, 4) is 89.8 Å². The number of benzene rings is 8. The molecule has 0 radical (unpaired) electrons. The molecule has 0 aliphatic heterocycles. The predicted octanol–water partition coefficient (Wildman–Crippen LogP) is 13.1. The lowest BCUT2D eigenvalue weighted by Gasteiger charge is -2.12. The monoisotopic (exact) mass is 701 g/mol. The molecule has 0 saturated carbocycles. The maximum absolute atomic E-state index is 5.20. The first-order chi connectivity index (χ1) is 27.2. The third-order valence-corrected chi connectivity index (χ3v) is 10.6. The third-order valence-electron chi connectivity index (χ3n) is 10.6. The Hall–Kier alpha value is -7.23. The Morgan fingerprint density at radius 1 is 0.236 bits per heavy atom. The quantitative estimate of drug-likeness (QED) is 0.166. The topological polar surface area (TPSA) is 38.7 Å². The molecule has 0 atom stereocenters. The standard InChI is InChI=1S/C52H35N3/c1-4-14-35(15-5-1)37-28-30-38(31-29-37)40-20-10-22-42(32-40)44-24-12-25-45-46-26-13-27-47(49(46)34-48(44)45)52-54-50(39-18-8-3-9-19-39)53-51(55-52)43-23-11-21-41(33-43)36-16-6-2-7-17-36/h1-33H,34H2. The van der Waals surface area contributed by atoms with E-state index in [1.807, 2.05) is 24.3 Å². The molecule has 0 amide bonds. The van der Waals surface area contributed by atoms with Gasteiger partial charge in [-0.3, -0.25) is 0 Å². The molecule has 0 fully saturated rings. The summed E-state index contributed by atoms with van der Waals surface area (Å²) >= 11 is 0. The van der Waals surface area contributed by atoms with Gasteiger partial charge in [-0.05, 0) is 78.9 Å². The Morgan fingerprint density at radius 2 is 0.600 bits per heavy atom. The normalized spacial score (nSPS) is 11.6. The molecule has 10 rings (SSSR count). The van der Waals surface area contributed by atoms with Gasteiger partial charge in [-0.2, -0.15) is 0 Å². The van der Waals surface area contributed by atoms with Crippen molar-refractivity contribution in [3.05, 3.63) is 211 Å². The fourth-order valence-corrected chi connectivity index (χ4v) is 7.88. The van der Waals surface area contributed by atoms with Crippen LogP contribution >= 0.6 is 0 Å². The van der Waals surface area contributed by atoms with Gasteiger partial charge in [-0.15, -0.1) is 0 Å². The summed E-state index contributed by atoms with van der Waals surface area (Å²) in [6.07, 6.45) is 0.790. The lowest BCUT2D eigenvalue weighted by molar-refractivity contribution is 1.07. The summed E-state index contributed by atoms with van der Waals surface area (Å²) in [5, 5.41) is 0. The molecule has 3 nitrogen and oxygen atoms in total. The van der Waals surface area contributed by atoms with Crippen molar-refractivity contribution in [2.75, 3.05) is 0 Å². The average Bonchev–Trinajstić information content (AvgIpc) is 3.67. The van der Waals surface area contributed by atoms with Gasteiger partial charge in [-0.25, -0.2) is 15.0 Å². The Kier molecular flexibility index (Phi) is 8.23. The number of hydrogen-bond acceptors (Lipinski definition) is 3. The van der Waals surface area contributed by atoms with Crippen LogP contribution in [-0.2, 0) is 6.42 Å². The fourth-order valence-electron chi connectivity index (χ4n) is 7.88. The van der Waals surface area contributed by atoms with Gasteiger partial charge in [0.25, 0.3) is 0 Å². The molecule has 0 unspecified atom stereocenters. The molecule has 1 aliphatic carbocycles. The van der Waals surface area contributed by atoms with Gasteiger partial charge in [0.2, 0.25) is 0 Å². The zero-order chi connectivity index (χ0) is 36.6. The van der Waals surface area contributed by atoms with E-state index < -0.39 is 0 Å². The van der Waals surface area contributed by atoms with E-state index in [0.29, 0.717) is 17.5 Å². The minimum absolute atomic E-state index is 0.657. The van der Waals surface area contributed by atoms with Crippen LogP contribution in [0.2, 0.25) is 0 Å². The molecule has 1 aliphatic rings. The number of aromatic nitrogens is 3. The first-order valence-electron chi connectivity index (χ1n) is 18.7. The molecule has 55 heavy (non-hydrogen) atoms. The highest BCUT2D eigenvalue weighted by atomic mass is 15.0. The number of hydrogen-bond donors (Lipinski definition) is 0. The van der Waals surface area contributed by atoms with Crippen molar-refractivity contribution >= 4 is 0 Å². The van der Waals surface area contributed by atoms with Gasteiger partial charge >= 0.3 is 0 Å². The van der Waals surface area contributed by atoms with E-state index >= 15 is 0 Å². The highest BCUT2D eigenvalue weighted by Crippen LogP contribution is 2.45. The van der Waals surface area contributed by atoms with Crippen LogP contribution in [0.4, 0.5) is 0 Å². The molecule has 1 heterocycles. The summed E-state index contributed by atoms with van der Waals surface area (Å²) in [7, 11) is 0. The second-order valence-corrected chi connectivity index (χ2v) is 14.0. The largest absolute Gasteiger partial charge is 0.208 e. The van der Waals surface area contributed by atoms with Crippen LogP contribution in [0.25, 0.3) is 89.8 Å². The van der Waals surface area contributed by atoms with E-state index in [4.69, 9.17) is 15.0 Å². The summed E-state index contributed by atoms with van der Waals surface area (Å²) in [6.45, 7) is 0. The summed E-state index contributed by atoms with van der Waals surface area (Å²) < 4.78 is 0. The minimum Gasteiger partial charge on any atom is -0.208 e. The molecule has 258 valence electrons. The highest BCUT2D eigenvalue weighted by molar-refractivity contribution is 5.89. The lowest BCUT2D eigenvalue weighted by atomic mass is 9.93. The van der Waals surface area contributed by atoms with Crippen molar-refractivity contribution in [1.82, 2.24) is 15.0 Å². The van der Waals surface area contributed by atoms with Crippen molar-refractivity contribution < 1.29 is 0 Å². The highest BCUT2D eigenvalue weighted by Gasteiger charge is 2.26. The zero-order valence-corrected chi connectivity index (χ0v) is 30.1. The molecular weight excluding hydrogens is 667 g/mol. The van der Waals surface area contributed by atoms with E-state index in [2.05, 4.69) is 176 Å². The molecule has 9 aromatic rings. The van der Waals surface area contributed by atoms with Gasteiger partial charge in [-0.1, -0.05) is 188 Å². The molecule has 0 spiro atoms. The van der Waals surface area contributed by atoms with Gasteiger partial charge in [0, 0.05) is 23.1 Å². The van der Waals surface area contributed by atoms with E-state index in [9.17, 15) is 0 Å². The molecule has 0 bridgehead atoms. The second-order valence-electron chi connectivity index (χ2n) is 14.0. The first-order valence-corrected chi connectivity index (χ1v) is 18.7. The van der Waals surface area contributed by atoms with Crippen LogP contribution < -0.4 is 0 Å². The molecule has 0 N–H and O–H groups in total. The van der Waals surface area contributed by atoms with Crippen LogP contribution in [0.1, 0.15) is 11.1 Å². The maximum Gasteiger partial charge on any atom is 0.164 e. The molecule has 0 saturated heterocycles. The first kappa shape index (κ1) is 32.4. The van der Waals surface area contributed by atoms with Crippen LogP contribution in [0.15, 0.2) is 200 Å². The SMILES string of the molecule is c1ccc(-c2ccc(-c3cccc(-c4cccc5c4Cc4c(-c6nc(-c7ccccc7)nc(-c7cccc(-c8ccccc8)c7)n6)cccc4-5)c3)cc2)cc1. The van der Waals surface area contributed by atoms with Crippen molar-refractivity contribution in [3.63, 3.8) is 0 Å². The van der Waals surface area contributed by atoms with E-state index in [-0.39, 0.29) is 0 Å². The van der Waals surface area contributed by atoms with Crippen molar-refractivity contribution in [2.24, 2.45) is 0 Å². The fraction of sp³-hybridized carbons (Fsp3) is 0.0192. The van der Waals surface area contributed by atoms with Crippen LogP contribution in [0.3, 0.4) is 0 Å². The van der Waals surface area contributed by atoms with Crippen LogP contribution in [0, 0.1) is 0 Å². The lowest BCUT2D eigenvalue weighted by Crippen LogP contribution is -2.02. The van der Waals surface area contributed by atoms with Gasteiger partial charge < -0.3 is 0 Å². The Morgan fingerprint density at radius 3 is 1.22 bits per heavy atom. The third kappa shape index (κ3) is 6.22. The summed E-state index contributed by atoms with van der Waals surface area (Å²) in [4.78, 5) is 15.4. The van der Waals surface area contributed by atoms with Gasteiger partial charge in [0.15, 0.2) is 17.5 Å². The van der Waals surface area contributed by atoms with Crippen molar-refractivity contribution in [2.45, 2.75) is 6.42 Å². The zero-order valence-electron chi connectivity index (χ0n) is 30.1. The van der Waals surface area contributed by atoms with Crippen molar-refractivity contribution in [1.29, 1.82) is 0 Å². The molecule has 1 aromatic heterocycles. The van der Waals surface area contributed by atoms with Crippen LogP contribution in [0.5, 0.6) is 0 Å². The van der Waals surface area contributed by atoms with E-state index in [0.717, 1.165) is 34.2 Å². The maximum atomic E-state index is 5.20. The molecule has 3 heteroatoms. The summed E-state index contributed by atoms with van der Waals surface area (Å²) in [6, 6.07) is 70.7. The minimum atomic E-state index is 0.657. The summed E-state index contributed by atoms with van der Waals surface area (Å²) in [5.74, 6) is 2.00. The average molecular weight is 702 g/mol. The van der Waals surface area contributed by atoms with E-state index in [1.54, 1.807) is 0 Å². The molecule has 8 aromatic carbocycles. The number of nitrogens with zero attached hydrogens (tertiary/aromatic N) is 3. The van der Waals surface area contributed by atoms with Crippen LogP contribution in [-0.4, -0.2) is 15.0 Å². The molecular formula is C52H35N3. The Balaban J connectivity index is 1.03. The Labute approximate surface area is 321 Å². The van der Waals surface area contributed by atoms with E-state index in [1.165, 1.54) is 55.6 Å². The number of rotatable bonds is 7. The second kappa shape index (κ2) is 14.0. The predicted molar refractivity (Wildman–Crippen MR) is 226 cm³/mol. The number of fused-ring (bicyclic) bond motifs is 3. The summed E-state index contributed by atoms with van der Waals surface area (Å²) in [5.41, 5.74) is 17.6.